The first-order valence-electron chi connectivity index (χ1n) is 12.0. The molecule has 0 radical (unpaired) electrons. The van der Waals surface area contributed by atoms with Crippen LogP contribution in [0.1, 0.15) is 43.7 Å². The third-order valence-electron chi connectivity index (χ3n) is 7.34. The molecule has 2 aliphatic rings. The maximum atomic E-state index is 13.2. The molecule has 1 fully saturated rings. The lowest BCUT2D eigenvalue weighted by molar-refractivity contribution is -0.143. The molecule has 0 bridgehead atoms. The number of carbonyl (C=O) groups excluding carboxylic acids is 2. The molecule has 1 aliphatic heterocycles. The predicted molar refractivity (Wildman–Crippen MR) is 130 cm³/mol. The number of fused-ring (bicyclic) bond motifs is 3. The average molecular weight is 481 g/mol. The summed E-state index contributed by atoms with van der Waals surface area (Å²) in [6.45, 7) is 4.29. The van der Waals surface area contributed by atoms with E-state index in [9.17, 15) is 19.5 Å². The molecule has 0 spiro atoms. The van der Waals surface area contributed by atoms with Crippen LogP contribution >= 0.6 is 0 Å². The van der Waals surface area contributed by atoms with Crippen molar-refractivity contribution in [1.29, 1.82) is 0 Å². The highest BCUT2D eigenvalue weighted by Crippen LogP contribution is 2.44. The van der Waals surface area contributed by atoms with E-state index >= 15 is 0 Å². The molecular weight excluding hydrogens is 448 g/mol. The fraction of sp³-hybridized carbons (Fsp3) is 0.444. The van der Waals surface area contributed by atoms with E-state index in [0.29, 0.717) is 26.1 Å². The van der Waals surface area contributed by atoms with Crippen LogP contribution in [-0.4, -0.2) is 55.5 Å². The van der Waals surface area contributed by atoms with E-state index in [1.165, 1.54) is 0 Å². The van der Waals surface area contributed by atoms with E-state index in [0.717, 1.165) is 22.3 Å². The molecule has 4 rings (SSSR count). The van der Waals surface area contributed by atoms with Crippen molar-refractivity contribution < 1.29 is 29.0 Å². The molecule has 2 amide bonds. The van der Waals surface area contributed by atoms with Gasteiger partial charge in [-0.15, -0.1) is 0 Å². The number of rotatable bonds is 8. The molecule has 0 saturated carbocycles. The first-order chi connectivity index (χ1) is 16.8. The van der Waals surface area contributed by atoms with E-state index < -0.39 is 29.4 Å². The van der Waals surface area contributed by atoms with Gasteiger partial charge in [0.2, 0.25) is 5.91 Å². The second kappa shape index (κ2) is 10.5. The Bertz CT molecular complexity index is 1050. The van der Waals surface area contributed by atoms with Crippen molar-refractivity contribution in [3.05, 3.63) is 59.7 Å². The molecule has 2 atom stereocenters. The Hall–Kier alpha value is -3.39. The summed E-state index contributed by atoms with van der Waals surface area (Å²) >= 11 is 0. The summed E-state index contributed by atoms with van der Waals surface area (Å²) in [5.41, 5.74) is 3.68. The predicted octanol–water partition coefficient (Wildman–Crippen LogP) is 3.55. The van der Waals surface area contributed by atoms with E-state index in [1.807, 2.05) is 24.3 Å². The molecule has 8 heteroatoms. The Balaban J connectivity index is 1.38. The van der Waals surface area contributed by atoms with Gasteiger partial charge in [-0.05, 0) is 48.9 Å². The number of carbonyl (C=O) groups is 3. The zero-order chi connectivity index (χ0) is 25.0. The van der Waals surface area contributed by atoms with Crippen LogP contribution in [0.4, 0.5) is 4.79 Å². The lowest BCUT2D eigenvalue weighted by Crippen LogP contribution is -2.54. The fourth-order valence-corrected chi connectivity index (χ4v) is 4.84. The van der Waals surface area contributed by atoms with E-state index in [1.54, 1.807) is 13.8 Å². The van der Waals surface area contributed by atoms with Crippen LogP contribution in [0.2, 0.25) is 0 Å². The van der Waals surface area contributed by atoms with Gasteiger partial charge in [0.25, 0.3) is 0 Å². The minimum absolute atomic E-state index is 0.0492. The molecule has 2 aromatic carbocycles. The molecule has 2 aromatic rings. The van der Waals surface area contributed by atoms with Gasteiger partial charge in [-0.3, -0.25) is 9.59 Å². The molecule has 8 nitrogen and oxygen atoms in total. The highest BCUT2D eigenvalue weighted by Gasteiger charge is 2.41. The monoisotopic (exact) mass is 480 g/mol. The summed E-state index contributed by atoms with van der Waals surface area (Å²) in [7, 11) is 0. The zero-order valence-corrected chi connectivity index (χ0v) is 20.1. The first-order valence-corrected chi connectivity index (χ1v) is 12.0. The second-order valence-electron chi connectivity index (χ2n) is 9.46. The second-order valence-corrected chi connectivity index (χ2v) is 9.46. The topological polar surface area (TPSA) is 114 Å². The summed E-state index contributed by atoms with van der Waals surface area (Å²) in [5.74, 6) is -2.03. The summed E-state index contributed by atoms with van der Waals surface area (Å²) in [6.07, 6.45) is 0.269. The van der Waals surface area contributed by atoms with Crippen molar-refractivity contribution in [3.63, 3.8) is 0 Å². The molecule has 0 aromatic heterocycles. The zero-order valence-electron chi connectivity index (χ0n) is 20.1. The molecule has 35 heavy (non-hydrogen) atoms. The lowest BCUT2D eigenvalue weighted by atomic mass is 9.78. The van der Waals surface area contributed by atoms with Gasteiger partial charge in [-0.1, -0.05) is 48.5 Å². The van der Waals surface area contributed by atoms with Gasteiger partial charge in [-0.2, -0.15) is 0 Å². The smallest absolute Gasteiger partial charge is 0.407 e. The largest absolute Gasteiger partial charge is 0.481 e. The number of hydrogen-bond donors (Lipinski definition) is 3. The highest BCUT2D eigenvalue weighted by molar-refractivity contribution is 5.85. The molecule has 1 saturated heterocycles. The quantitative estimate of drug-likeness (QED) is 0.533. The minimum atomic E-state index is -0.976. The molecular formula is C27H32N2O6. The van der Waals surface area contributed by atoms with E-state index in [4.69, 9.17) is 9.47 Å². The Morgan fingerprint density at radius 2 is 1.60 bits per heavy atom. The van der Waals surface area contributed by atoms with E-state index in [2.05, 4.69) is 34.9 Å². The van der Waals surface area contributed by atoms with Crippen LogP contribution in [0.3, 0.4) is 0 Å². The lowest BCUT2D eigenvalue weighted by Gasteiger charge is -2.37. The summed E-state index contributed by atoms with van der Waals surface area (Å²) in [6, 6.07) is 15.7. The Morgan fingerprint density at radius 3 is 2.17 bits per heavy atom. The normalized spacial score (nSPS) is 18.0. The van der Waals surface area contributed by atoms with E-state index in [-0.39, 0.29) is 25.0 Å². The van der Waals surface area contributed by atoms with Crippen LogP contribution in [0.5, 0.6) is 0 Å². The number of ether oxygens (including phenoxy) is 2. The molecule has 186 valence electrons. The summed E-state index contributed by atoms with van der Waals surface area (Å²) in [5, 5.41) is 14.8. The number of carboxylic acid groups (broad SMARTS) is 1. The van der Waals surface area contributed by atoms with Crippen LogP contribution in [0, 0.1) is 11.3 Å². The van der Waals surface area contributed by atoms with Gasteiger partial charge in [0.1, 0.15) is 6.61 Å². The van der Waals surface area contributed by atoms with Gasteiger partial charge in [-0.25, -0.2) is 4.79 Å². The average Bonchev–Trinajstić information content (AvgIpc) is 3.19. The Morgan fingerprint density at radius 1 is 1.03 bits per heavy atom. The van der Waals surface area contributed by atoms with Crippen molar-refractivity contribution in [2.75, 3.05) is 26.4 Å². The minimum Gasteiger partial charge on any atom is -0.481 e. The maximum Gasteiger partial charge on any atom is 0.407 e. The van der Waals surface area contributed by atoms with Gasteiger partial charge in [0.05, 0.1) is 11.3 Å². The van der Waals surface area contributed by atoms with Crippen LogP contribution in [-0.2, 0) is 19.1 Å². The third kappa shape index (κ3) is 5.17. The first kappa shape index (κ1) is 24.7. The SMILES string of the molecule is CC(NC(=O)C1(CNC(=O)OCC2c3ccccc3-c3ccccc32)CCOCC1)C(C)C(=O)O. The molecule has 3 N–H and O–H groups in total. The van der Waals surface area contributed by atoms with Crippen molar-refractivity contribution in [2.24, 2.45) is 11.3 Å². The van der Waals surface area contributed by atoms with Crippen molar-refractivity contribution in [2.45, 2.75) is 38.6 Å². The van der Waals surface area contributed by atoms with Crippen LogP contribution < -0.4 is 10.6 Å². The van der Waals surface area contributed by atoms with Gasteiger partial charge >= 0.3 is 12.1 Å². The Labute approximate surface area is 205 Å². The van der Waals surface area contributed by atoms with Crippen molar-refractivity contribution in [1.82, 2.24) is 10.6 Å². The summed E-state index contributed by atoms with van der Waals surface area (Å²) < 4.78 is 11.1. The number of hydrogen-bond acceptors (Lipinski definition) is 5. The molecule has 1 heterocycles. The Kier molecular flexibility index (Phi) is 7.40. The van der Waals surface area contributed by atoms with Crippen molar-refractivity contribution in [3.8, 4) is 11.1 Å². The van der Waals surface area contributed by atoms with Crippen LogP contribution in [0.25, 0.3) is 11.1 Å². The molecule has 1 aliphatic carbocycles. The number of benzene rings is 2. The highest BCUT2D eigenvalue weighted by atomic mass is 16.5. The summed E-state index contributed by atoms with van der Waals surface area (Å²) in [4.78, 5) is 37.1. The number of alkyl carbamates (subject to hydrolysis) is 1. The van der Waals surface area contributed by atoms with Crippen molar-refractivity contribution >= 4 is 18.0 Å². The van der Waals surface area contributed by atoms with Gasteiger partial charge in [0, 0.05) is 31.7 Å². The third-order valence-corrected chi connectivity index (χ3v) is 7.34. The van der Waals surface area contributed by atoms with Gasteiger partial charge in [0.15, 0.2) is 0 Å². The van der Waals surface area contributed by atoms with Crippen LogP contribution in [0.15, 0.2) is 48.5 Å². The number of aliphatic carboxylic acids is 1. The number of carboxylic acids is 1. The maximum absolute atomic E-state index is 13.2. The molecule has 2 unspecified atom stereocenters. The number of amides is 2. The number of nitrogens with one attached hydrogen (secondary N) is 2. The van der Waals surface area contributed by atoms with Gasteiger partial charge < -0.3 is 25.2 Å². The standard InChI is InChI=1S/C27H32N2O6/c1-17(24(30)31)18(2)29-25(32)27(11-13-34-14-12-27)16-28-26(33)35-15-23-21-9-5-3-7-19(21)20-8-4-6-10-22(20)23/h3-10,17-18,23H,11-16H2,1-2H3,(H,28,33)(H,29,32)(H,30,31). The fourth-order valence-electron chi connectivity index (χ4n) is 4.84.